The van der Waals surface area contributed by atoms with Crippen LogP contribution < -0.4 is 5.32 Å². The minimum absolute atomic E-state index is 0.0745. The second-order valence-corrected chi connectivity index (χ2v) is 8.88. The molecule has 4 atom stereocenters. The van der Waals surface area contributed by atoms with Gasteiger partial charge in [0.2, 0.25) is 11.8 Å². The van der Waals surface area contributed by atoms with Crippen LogP contribution in [0.15, 0.2) is 18.2 Å². The summed E-state index contributed by atoms with van der Waals surface area (Å²) in [6.07, 6.45) is 1.38. The molecule has 3 rings (SSSR count). The van der Waals surface area contributed by atoms with Gasteiger partial charge in [0.05, 0.1) is 18.5 Å². The van der Waals surface area contributed by atoms with Gasteiger partial charge in [0, 0.05) is 20.4 Å². The number of benzene rings is 1. The molecule has 1 saturated carbocycles. The first kappa shape index (κ1) is 17.2. The molecule has 0 unspecified atom stereocenters. The molecule has 1 aromatic rings. The van der Waals surface area contributed by atoms with Crippen molar-refractivity contribution >= 4 is 61.0 Å². The normalized spacial score (nSPS) is 30.5. The lowest BCUT2D eigenvalue weighted by atomic mass is 9.81. The van der Waals surface area contributed by atoms with Crippen molar-refractivity contribution in [2.45, 2.75) is 29.4 Å². The van der Waals surface area contributed by atoms with Gasteiger partial charge in [-0.2, -0.15) is 0 Å². The minimum atomic E-state index is -0.205. The highest BCUT2D eigenvalue weighted by molar-refractivity contribution is 9.12. The van der Waals surface area contributed by atoms with Gasteiger partial charge in [-0.15, -0.1) is 0 Å². The summed E-state index contributed by atoms with van der Waals surface area (Å²) in [5.41, 5.74) is 1.79. The first-order valence-corrected chi connectivity index (χ1v) is 9.73. The van der Waals surface area contributed by atoms with Crippen molar-refractivity contribution in [3.63, 3.8) is 0 Å². The van der Waals surface area contributed by atoms with Crippen LogP contribution in [-0.4, -0.2) is 33.0 Å². The van der Waals surface area contributed by atoms with Crippen molar-refractivity contribution in [1.82, 2.24) is 4.90 Å². The van der Waals surface area contributed by atoms with Gasteiger partial charge >= 0.3 is 0 Å². The summed E-state index contributed by atoms with van der Waals surface area (Å²) >= 11 is 13.3. The van der Waals surface area contributed by atoms with Crippen molar-refractivity contribution in [2.24, 2.45) is 11.8 Å². The maximum Gasteiger partial charge on any atom is 0.234 e. The van der Waals surface area contributed by atoms with Gasteiger partial charge in [0.25, 0.3) is 0 Å². The predicted molar refractivity (Wildman–Crippen MR) is 98.2 cm³/mol. The summed E-state index contributed by atoms with van der Waals surface area (Å²) in [5, 5.41) is 3.78. The molecule has 2 aliphatic rings. The summed E-state index contributed by atoms with van der Waals surface area (Å²) in [4.78, 5) is 26.9. The Kier molecular flexibility index (Phi) is 5.04. The number of halogens is 3. The van der Waals surface area contributed by atoms with Crippen molar-refractivity contribution < 1.29 is 9.59 Å². The van der Waals surface area contributed by atoms with E-state index in [1.54, 1.807) is 6.07 Å². The highest BCUT2D eigenvalue weighted by atomic mass is 79.9. The topological polar surface area (TPSA) is 49.4 Å². The fourth-order valence-electron chi connectivity index (χ4n) is 3.19. The largest absolute Gasteiger partial charge is 0.367 e. The monoisotopic (exact) mass is 462 g/mol. The molecule has 0 aromatic heterocycles. The number of hydrogen-bond acceptors (Lipinski definition) is 3. The molecule has 1 saturated heterocycles. The molecular formula is C16H17Br2ClN2O2. The number of amides is 2. The maximum absolute atomic E-state index is 12.5. The number of nitrogens with zero attached hydrogens (tertiary/aromatic N) is 1. The Morgan fingerprint density at radius 1 is 1.17 bits per heavy atom. The van der Waals surface area contributed by atoms with Crippen molar-refractivity contribution in [2.75, 3.05) is 12.0 Å². The van der Waals surface area contributed by atoms with E-state index in [0.717, 1.165) is 11.3 Å². The van der Waals surface area contributed by atoms with Gasteiger partial charge in [-0.3, -0.25) is 14.5 Å². The number of aryl methyl sites for hydroxylation is 1. The molecule has 0 bridgehead atoms. The zero-order valence-corrected chi connectivity index (χ0v) is 16.5. The highest BCUT2D eigenvalue weighted by Crippen LogP contribution is 2.43. The number of imide groups is 1. The van der Waals surface area contributed by atoms with Crippen molar-refractivity contribution in [3.8, 4) is 0 Å². The summed E-state index contributed by atoms with van der Waals surface area (Å²) in [6, 6.07) is 5.60. The van der Waals surface area contributed by atoms with Crippen molar-refractivity contribution in [3.05, 3.63) is 28.8 Å². The molecule has 1 N–H and O–H groups in total. The Hall–Kier alpha value is -0.590. The van der Waals surface area contributed by atoms with Gasteiger partial charge in [-0.05, 0) is 37.5 Å². The fourth-order valence-corrected chi connectivity index (χ4v) is 4.61. The molecule has 7 heteroatoms. The number of nitrogens with one attached hydrogen (secondary N) is 1. The molecule has 0 radical (unpaired) electrons. The van der Waals surface area contributed by atoms with E-state index in [-0.39, 0.29) is 40.0 Å². The van der Waals surface area contributed by atoms with Gasteiger partial charge in [0.1, 0.15) is 0 Å². The Bertz CT molecular complexity index is 627. The highest BCUT2D eigenvalue weighted by Gasteiger charge is 2.51. The van der Waals surface area contributed by atoms with E-state index in [9.17, 15) is 9.59 Å². The third kappa shape index (κ3) is 3.30. The second kappa shape index (κ2) is 6.73. The van der Waals surface area contributed by atoms with Gasteiger partial charge in [-0.1, -0.05) is 49.5 Å². The number of hydrogen-bond donors (Lipinski definition) is 1. The number of rotatable bonds is 3. The Morgan fingerprint density at radius 3 is 2.26 bits per heavy atom. The summed E-state index contributed by atoms with van der Waals surface area (Å²) in [5.74, 6) is -0.558. The predicted octanol–water partition coefficient (Wildman–Crippen LogP) is 3.94. The first-order chi connectivity index (χ1) is 10.9. The average molecular weight is 465 g/mol. The van der Waals surface area contributed by atoms with Crippen LogP contribution in [-0.2, 0) is 9.59 Å². The van der Waals surface area contributed by atoms with Crippen LogP contribution >= 0.6 is 43.5 Å². The van der Waals surface area contributed by atoms with Crippen LogP contribution in [0.3, 0.4) is 0 Å². The van der Waals surface area contributed by atoms with Crippen LogP contribution in [0, 0.1) is 18.8 Å². The quantitative estimate of drug-likeness (QED) is 0.545. The van der Waals surface area contributed by atoms with E-state index in [2.05, 4.69) is 37.2 Å². The smallest absolute Gasteiger partial charge is 0.234 e. The molecule has 1 aliphatic carbocycles. The lowest BCUT2D eigenvalue weighted by molar-refractivity contribution is -0.139. The van der Waals surface area contributed by atoms with Gasteiger partial charge in [0.15, 0.2) is 0 Å². The number of fused-ring (bicyclic) bond motifs is 1. The number of carbonyl (C=O) groups is 2. The molecule has 1 heterocycles. The molecule has 23 heavy (non-hydrogen) atoms. The van der Waals surface area contributed by atoms with Crippen LogP contribution in [0.1, 0.15) is 18.4 Å². The number of carbonyl (C=O) groups excluding carboxylic acids is 2. The Morgan fingerprint density at radius 2 is 1.74 bits per heavy atom. The number of alkyl halides is 2. The molecule has 4 nitrogen and oxygen atoms in total. The van der Waals surface area contributed by atoms with E-state index in [0.29, 0.717) is 17.9 Å². The summed E-state index contributed by atoms with van der Waals surface area (Å²) in [6.45, 7) is 2.11. The molecular weight excluding hydrogens is 447 g/mol. The zero-order chi connectivity index (χ0) is 16.7. The van der Waals surface area contributed by atoms with E-state index in [1.807, 2.05) is 19.1 Å². The lowest BCUT2D eigenvalue weighted by Crippen LogP contribution is -2.35. The standard InChI is InChI=1S/C16H17Br2ClN2O2/c1-8-2-3-9(4-14(8)19)20-7-21-15(22)10-5-12(17)13(18)6-11(10)16(21)23/h2-4,10-13,20H,5-7H2,1H3/t10-,11+,12-,13-/m0/s1. The third-order valence-electron chi connectivity index (χ3n) is 4.62. The molecule has 124 valence electrons. The Balaban J connectivity index is 1.70. The number of likely N-dealkylation sites (tertiary alicyclic amines) is 1. The maximum atomic E-state index is 12.5. The van der Waals surface area contributed by atoms with Crippen LogP contribution in [0.2, 0.25) is 5.02 Å². The molecule has 0 spiro atoms. The zero-order valence-electron chi connectivity index (χ0n) is 12.6. The van der Waals surface area contributed by atoms with Gasteiger partial charge < -0.3 is 5.32 Å². The van der Waals surface area contributed by atoms with E-state index in [1.165, 1.54) is 4.90 Å². The molecule has 1 aromatic carbocycles. The van der Waals surface area contributed by atoms with Crippen LogP contribution in [0.5, 0.6) is 0 Å². The summed E-state index contributed by atoms with van der Waals surface area (Å²) < 4.78 is 0. The SMILES string of the molecule is Cc1ccc(NCN2C(=O)[C@H]3C[C@H](Br)[C@@H](Br)C[C@H]3C2=O)cc1Cl. The van der Waals surface area contributed by atoms with Crippen molar-refractivity contribution in [1.29, 1.82) is 0 Å². The van der Waals surface area contributed by atoms with Gasteiger partial charge in [-0.25, -0.2) is 0 Å². The molecule has 2 amide bonds. The van der Waals surface area contributed by atoms with Crippen LogP contribution in [0.4, 0.5) is 5.69 Å². The first-order valence-electron chi connectivity index (χ1n) is 7.52. The molecule has 2 fully saturated rings. The average Bonchev–Trinajstić information content (AvgIpc) is 2.73. The third-order valence-corrected chi connectivity index (χ3v) is 7.76. The molecule has 1 aliphatic heterocycles. The Labute approximate surface area is 157 Å². The summed E-state index contributed by atoms with van der Waals surface area (Å²) in [7, 11) is 0. The minimum Gasteiger partial charge on any atom is -0.367 e. The fraction of sp³-hybridized carbons (Fsp3) is 0.500. The second-order valence-electron chi connectivity index (χ2n) is 6.12. The van der Waals surface area contributed by atoms with E-state index < -0.39 is 0 Å². The number of anilines is 1. The van der Waals surface area contributed by atoms with E-state index in [4.69, 9.17) is 11.6 Å². The lowest BCUT2D eigenvalue weighted by Gasteiger charge is -2.29. The van der Waals surface area contributed by atoms with Crippen LogP contribution in [0.25, 0.3) is 0 Å². The van der Waals surface area contributed by atoms with E-state index >= 15 is 0 Å².